The van der Waals surface area contributed by atoms with Crippen molar-refractivity contribution in [1.29, 1.82) is 0 Å². The summed E-state index contributed by atoms with van der Waals surface area (Å²) in [5.41, 5.74) is 3.56. The summed E-state index contributed by atoms with van der Waals surface area (Å²) in [6.45, 7) is 2.58. The fourth-order valence-corrected chi connectivity index (χ4v) is 2.66. The molecule has 2 heterocycles. The third-order valence-corrected chi connectivity index (χ3v) is 3.83. The van der Waals surface area contributed by atoms with Gasteiger partial charge in [0.05, 0.1) is 11.1 Å². The molecule has 0 unspecified atom stereocenters. The Morgan fingerprint density at radius 3 is 2.73 bits per heavy atom. The smallest absolute Gasteiger partial charge is 0.231 e. The Morgan fingerprint density at radius 1 is 1.09 bits per heavy atom. The molecule has 22 heavy (non-hydrogen) atoms. The van der Waals surface area contributed by atoms with Gasteiger partial charge in [-0.15, -0.1) is 0 Å². The van der Waals surface area contributed by atoms with Crippen LogP contribution in [0.5, 0.6) is 11.5 Å². The zero-order valence-corrected chi connectivity index (χ0v) is 12.1. The highest BCUT2D eigenvalue weighted by Gasteiger charge is 2.31. The largest absolute Gasteiger partial charge is 0.489 e. The van der Waals surface area contributed by atoms with Crippen LogP contribution in [0.1, 0.15) is 27.0 Å². The third kappa shape index (κ3) is 2.02. The molecule has 0 spiro atoms. The van der Waals surface area contributed by atoms with Crippen LogP contribution in [0.25, 0.3) is 12.2 Å². The Balaban J connectivity index is 1.76. The van der Waals surface area contributed by atoms with E-state index in [1.54, 1.807) is 12.1 Å². The zero-order chi connectivity index (χ0) is 15.1. The molecule has 2 aliphatic rings. The number of allylic oxidation sites excluding steroid dienone is 1. The van der Waals surface area contributed by atoms with Crippen molar-refractivity contribution >= 4 is 17.9 Å². The van der Waals surface area contributed by atoms with Gasteiger partial charge in [0.2, 0.25) is 5.78 Å². The first-order valence-corrected chi connectivity index (χ1v) is 7.19. The lowest BCUT2D eigenvalue weighted by Gasteiger charge is -2.14. The van der Waals surface area contributed by atoms with E-state index in [0.29, 0.717) is 23.7 Å². The molecule has 4 rings (SSSR count). The average Bonchev–Trinajstić information content (AvgIpc) is 2.86. The summed E-state index contributed by atoms with van der Waals surface area (Å²) in [7, 11) is 0. The van der Waals surface area contributed by atoms with E-state index in [2.05, 4.69) is 0 Å². The van der Waals surface area contributed by atoms with Crippen LogP contribution in [0, 0.1) is 6.92 Å². The second-order valence-electron chi connectivity index (χ2n) is 5.42. The molecule has 0 bridgehead atoms. The molecule has 2 aromatic carbocycles. The molecule has 0 radical (unpaired) electrons. The van der Waals surface area contributed by atoms with E-state index < -0.39 is 0 Å². The number of rotatable bonds is 1. The van der Waals surface area contributed by atoms with Gasteiger partial charge < -0.3 is 9.47 Å². The molecule has 0 aliphatic carbocycles. The predicted molar refractivity (Wildman–Crippen MR) is 85.1 cm³/mol. The fourth-order valence-electron chi connectivity index (χ4n) is 2.66. The summed E-state index contributed by atoms with van der Waals surface area (Å²) in [6.07, 6.45) is 5.64. The van der Waals surface area contributed by atoms with E-state index in [1.165, 1.54) is 5.56 Å². The van der Waals surface area contributed by atoms with Gasteiger partial charge in [-0.05, 0) is 42.8 Å². The molecule has 2 aromatic rings. The highest BCUT2D eigenvalue weighted by molar-refractivity contribution is 6.15. The number of aryl methyl sites for hydroxylation is 1. The van der Waals surface area contributed by atoms with E-state index >= 15 is 0 Å². The molecule has 3 nitrogen and oxygen atoms in total. The van der Waals surface area contributed by atoms with E-state index in [4.69, 9.17) is 9.47 Å². The summed E-state index contributed by atoms with van der Waals surface area (Å²) in [5, 5.41) is 0. The molecular weight excluding hydrogens is 276 g/mol. The predicted octanol–water partition coefficient (Wildman–Crippen LogP) is 4.02. The van der Waals surface area contributed by atoms with Gasteiger partial charge in [0.1, 0.15) is 18.1 Å². The van der Waals surface area contributed by atoms with E-state index in [9.17, 15) is 4.79 Å². The molecule has 108 valence electrons. The van der Waals surface area contributed by atoms with Gasteiger partial charge in [0.15, 0.2) is 5.76 Å². The second kappa shape index (κ2) is 4.88. The minimum atomic E-state index is -0.0858. The van der Waals surface area contributed by atoms with Gasteiger partial charge in [-0.25, -0.2) is 0 Å². The van der Waals surface area contributed by atoms with Crippen LogP contribution < -0.4 is 9.47 Å². The maximum absolute atomic E-state index is 12.5. The quantitative estimate of drug-likeness (QED) is 0.744. The van der Waals surface area contributed by atoms with Crippen LogP contribution >= 0.6 is 0 Å². The highest BCUT2D eigenvalue weighted by Crippen LogP contribution is 2.41. The van der Waals surface area contributed by atoms with Crippen molar-refractivity contribution in [2.75, 3.05) is 6.61 Å². The minimum Gasteiger partial charge on any atom is -0.489 e. The first kappa shape index (κ1) is 12.9. The molecule has 0 saturated heterocycles. The Labute approximate surface area is 128 Å². The summed E-state index contributed by atoms with van der Waals surface area (Å²) in [4.78, 5) is 12.5. The lowest BCUT2D eigenvalue weighted by Crippen LogP contribution is -2.01. The van der Waals surface area contributed by atoms with E-state index in [0.717, 1.165) is 16.9 Å². The summed E-state index contributed by atoms with van der Waals surface area (Å²) in [5.74, 6) is 1.62. The van der Waals surface area contributed by atoms with Gasteiger partial charge in [-0.1, -0.05) is 29.8 Å². The summed E-state index contributed by atoms with van der Waals surface area (Å²) >= 11 is 0. The van der Waals surface area contributed by atoms with Crippen LogP contribution in [0.4, 0.5) is 0 Å². The van der Waals surface area contributed by atoms with Crippen LogP contribution in [0.2, 0.25) is 0 Å². The molecule has 0 atom stereocenters. The average molecular weight is 290 g/mol. The lowest BCUT2D eigenvalue weighted by atomic mass is 10.0. The molecule has 0 N–H and O–H groups in total. The molecule has 0 saturated carbocycles. The minimum absolute atomic E-state index is 0.0858. The number of ether oxygens (including phenoxy) is 2. The van der Waals surface area contributed by atoms with Crippen molar-refractivity contribution in [2.24, 2.45) is 0 Å². The molecule has 0 fully saturated rings. The van der Waals surface area contributed by atoms with Gasteiger partial charge in [-0.3, -0.25) is 4.79 Å². The highest BCUT2D eigenvalue weighted by atomic mass is 16.5. The van der Waals surface area contributed by atoms with Crippen molar-refractivity contribution in [3.8, 4) is 11.5 Å². The van der Waals surface area contributed by atoms with Crippen molar-refractivity contribution in [3.05, 3.63) is 70.5 Å². The van der Waals surface area contributed by atoms with Crippen LogP contribution in [0.15, 0.2) is 48.2 Å². The zero-order valence-electron chi connectivity index (χ0n) is 12.1. The van der Waals surface area contributed by atoms with Crippen molar-refractivity contribution in [1.82, 2.24) is 0 Å². The number of hydrogen-bond donors (Lipinski definition) is 0. The first-order valence-electron chi connectivity index (χ1n) is 7.19. The Kier molecular flexibility index (Phi) is 2.86. The number of ketones is 1. The maximum Gasteiger partial charge on any atom is 0.231 e. The number of carbonyl (C=O) groups is 1. The van der Waals surface area contributed by atoms with Gasteiger partial charge in [-0.2, -0.15) is 0 Å². The number of benzene rings is 2. The standard InChI is InChI=1S/C19H14O3/c1-12-4-6-13(7-5-12)11-17-18(20)15-8-9-16-14(19(15)22-17)3-2-10-21-16/h2-9,11H,10H2,1H3/b17-11-. The monoisotopic (exact) mass is 290 g/mol. The molecule has 0 aromatic heterocycles. The van der Waals surface area contributed by atoms with Gasteiger partial charge >= 0.3 is 0 Å². The SMILES string of the molecule is Cc1ccc(/C=C2\Oc3c(ccc4c3C=CCO4)C2=O)cc1. The first-order chi connectivity index (χ1) is 10.7. The normalized spacial score (nSPS) is 17.0. The number of Topliss-reactive ketones (excluding diaryl/α,β-unsaturated/α-hetero) is 1. The van der Waals surface area contributed by atoms with E-state index in [1.807, 2.05) is 49.4 Å². The molecule has 3 heteroatoms. The molecule has 2 aliphatic heterocycles. The topological polar surface area (TPSA) is 35.5 Å². The summed E-state index contributed by atoms with van der Waals surface area (Å²) in [6, 6.07) is 11.6. The van der Waals surface area contributed by atoms with Gasteiger partial charge in [0.25, 0.3) is 0 Å². The van der Waals surface area contributed by atoms with Crippen molar-refractivity contribution in [3.63, 3.8) is 0 Å². The lowest BCUT2D eigenvalue weighted by molar-refractivity contribution is 0.101. The number of fused-ring (bicyclic) bond motifs is 3. The fraction of sp³-hybridized carbons (Fsp3) is 0.105. The number of hydrogen-bond acceptors (Lipinski definition) is 3. The maximum atomic E-state index is 12.5. The Bertz CT molecular complexity index is 827. The second-order valence-corrected chi connectivity index (χ2v) is 5.42. The van der Waals surface area contributed by atoms with Crippen molar-refractivity contribution in [2.45, 2.75) is 6.92 Å². The van der Waals surface area contributed by atoms with Gasteiger partial charge in [0, 0.05) is 0 Å². The Morgan fingerprint density at radius 2 is 1.91 bits per heavy atom. The van der Waals surface area contributed by atoms with Crippen molar-refractivity contribution < 1.29 is 14.3 Å². The van der Waals surface area contributed by atoms with Crippen LogP contribution in [-0.4, -0.2) is 12.4 Å². The van der Waals surface area contributed by atoms with Crippen LogP contribution in [-0.2, 0) is 0 Å². The molecule has 0 amide bonds. The number of carbonyl (C=O) groups excluding carboxylic acids is 1. The molecular formula is C19H14O3. The summed E-state index contributed by atoms with van der Waals surface area (Å²) < 4.78 is 11.4. The third-order valence-electron chi connectivity index (χ3n) is 3.83. The van der Waals surface area contributed by atoms with Crippen LogP contribution in [0.3, 0.4) is 0 Å². The Hall–Kier alpha value is -2.81. The van der Waals surface area contributed by atoms with E-state index in [-0.39, 0.29) is 5.78 Å².